The highest BCUT2D eigenvalue weighted by atomic mass is 32.2. The monoisotopic (exact) mass is 156 g/mol. The molecule has 1 N–H and O–H groups in total. The van der Waals surface area contributed by atoms with E-state index in [0.29, 0.717) is 0 Å². The van der Waals surface area contributed by atoms with Gasteiger partial charge in [-0.05, 0) is 18.6 Å². The molecule has 2 aliphatic heterocycles. The Kier molecular flexibility index (Phi) is 1.41. The molecule has 0 radical (unpaired) electrons. The van der Waals surface area contributed by atoms with Crippen LogP contribution in [-0.4, -0.2) is 22.6 Å². The van der Waals surface area contributed by atoms with Crippen LogP contribution in [0.15, 0.2) is 5.10 Å². The van der Waals surface area contributed by atoms with E-state index in [1.165, 1.54) is 0 Å². The molecule has 0 aliphatic carbocycles. The van der Waals surface area contributed by atoms with E-state index in [-0.39, 0.29) is 11.2 Å². The predicted molar refractivity (Wildman–Crippen MR) is 41.1 cm³/mol. The topological polar surface area (TPSA) is 41.5 Å². The summed E-state index contributed by atoms with van der Waals surface area (Å²) in [6.07, 6.45) is 2.16. The van der Waals surface area contributed by atoms with E-state index in [2.05, 4.69) is 10.5 Å². The molecule has 2 rings (SSSR count). The summed E-state index contributed by atoms with van der Waals surface area (Å²) in [4.78, 5) is 11.0. The molecule has 0 aromatic carbocycles. The minimum atomic E-state index is 0.0498. The van der Waals surface area contributed by atoms with Crippen molar-refractivity contribution in [3.05, 3.63) is 0 Å². The molecule has 0 aromatic rings. The summed E-state index contributed by atoms with van der Waals surface area (Å²) in [6, 6.07) is 0. The lowest BCUT2D eigenvalue weighted by atomic mass is 10.1. The van der Waals surface area contributed by atoms with Gasteiger partial charge in [-0.3, -0.25) is 4.79 Å². The standard InChI is InChI=1S/C6H8N2OS/c9-6-5-4(7-8-6)2-1-3-10-5/h5H,1-3H2,(H,8,9). The molecule has 1 amide bonds. The number of carbonyl (C=O) groups is 1. The Labute approximate surface area is 63.3 Å². The van der Waals surface area contributed by atoms with Crippen molar-refractivity contribution in [3.63, 3.8) is 0 Å². The van der Waals surface area contributed by atoms with Crippen molar-refractivity contribution in [3.8, 4) is 0 Å². The third kappa shape index (κ3) is 0.831. The summed E-state index contributed by atoms with van der Waals surface area (Å²) < 4.78 is 0. The SMILES string of the molecule is O=C1NN=C2CCCSC12. The normalized spacial score (nSPS) is 31.0. The van der Waals surface area contributed by atoms with Gasteiger partial charge in [0.25, 0.3) is 5.91 Å². The molecule has 1 atom stereocenters. The number of fused-ring (bicyclic) bond motifs is 1. The minimum Gasteiger partial charge on any atom is -0.271 e. The third-order valence-electron chi connectivity index (χ3n) is 1.71. The van der Waals surface area contributed by atoms with Crippen molar-refractivity contribution >= 4 is 23.4 Å². The first-order valence-electron chi connectivity index (χ1n) is 3.36. The quantitative estimate of drug-likeness (QED) is 0.550. The van der Waals surface area contributed by atoms with Crippen LogP contribution in [0, 0.1) is 0 Å². The molecule has 1 unspecified atom stereocenters. The molecular weight excluding hydrogens is 148 g/mol. The minimum absolute atomic E-state index is 0.0498. The largest absolute Gasteiger partial charge is 0.271 e. The number of amides is 1. The van der Waals surface area contributed by atoms with Crippen molar-refractivity contribution in [2.45, 2.75) is 18.1 Å². The first-order chi connectivity index (χ1) is 4.88. The molecule has 0 spiro atoms. The first kappa shape index (κ1) is 6.22. The van der Waals surface area contributed by atoms with E-state index in [9.17, 15) is 4.79 Å². The van der Waals surface area contributed by atoms with Crippen LogP contribution in [0.1, 0.15) is 12.8 Å². The van der Waals surface area contributed by atoms with Crippen molar-refractivity contribution in [2.24, 2.45) is 5.10 Å². The van der Waals surface area contributed by atoms with Crippen LogP contribution in [0.25, 0.3) is 0 Å². The van der Waals surface area contributed by atoms with E-state index < -0.39 is 0 Å². The molecule has 10 heavy (non-hydrogen) atoms. The number of hydrazone groups is 1. The van der Waals surface area contributed by atoms with Gasteiger partial charge in [-0.2, -0.15) is 5.10 Å². The van der Waals surface area contributed by atoms with Crippen molar-refractivity contribution in [2.75, 3.05) is 5.75 Å². The number of rotatable bonds is 0. The Morgan fingerprint density at radius 3 is 3.40 bits per heavy atom. The van der Waals surface area contributed by atoms with E-state index in [0.717, 1.165) is 24.3 Å². The molecule has 54 valence electrons. The van der Waals surface area contributed by atoms with E-state index >= 15 is 0 Å². The van der Waals surface area contributed by atoms with Crippen LogP contribution >= 0.6 is 11.8 Å². The second-order valence-electron chi connectivity index (χ2n) is 2.43. The number of hydrogen-bond acceptors (Lipinski definition) is 3. The Morgan fingerprint density at radius 1 is 1.70 bits per heavy atom. The first-order valence-corrected chi connectivity index (χ1v) is 4.41. The molecule has 1 fully saturated rings. The maximum absolute atomic E-state index is 11.0. The van der Waals surface area contributed by atoms with Gasteiger partial charge in [0.05, 0.1) is 5.71 Å². The highest BCUT2D eigenvalue weighted by Gasteiger charge is 2.32. The highest BCUT2D eigenvalue weighted by molar-refractivity contribution is 8.01. The summed E-state index contributed by atoms with van der Waals surface area (Å²) in [5, 5.41) is 3.98. The zero-order chi connectivity index (χ0) is 6.97. The van der Waals surface area contributed by atoms with Crippen LogP contribution in [0.5, 0.6) is 0 Å². The van der Waals surface area contributed by atoms with Gasteiger partial charge in [0.15, 0.2) is 0 Å². The molecule has 0 saturated carbocycles. The summed E-state index contributed by atoms with van der Waals surface area (Å²) in [5.41, 5.74) is 3.53. The fourth-order valence-electron chi connectivity index (χ4n) is 1.21. The molecule has 3 nitrogen and oxygen atoms in total. The van der Waals surface area contributed by atoms with Crippen LogP contribution in [-0.2, 0) is 4.79 Å². The Balaban J connectivity index is 2.18. The van der Waals surface area contributed by atoms with Crippen molar-refractivity contribution < 1.29 is 4.79 Å². The lowest BCUT2D eigenvalue weighted by Crippen LogP contribution is -2.28. The van der Waals surface area contributed by atoms with Crippen LogP contribution in [0.3, 0.4) is 0 Å². The van der Waals surface area contributed by atoms with Crippen LogP contribution < -0.4 is 5.43 Å². The van der Waals surface area contributed by atoms with Gasteiger partial charge in [-0.25, -0.2) is 5.43 Å². The van der Waals surface area contributed by atoms with E-state index in [1.807, 2.05) is 0 Å². The molecule has 1 saturated heterocycles. The maximum atomic E-state index is 11.0. The van der Waals surface area contributed by atoms with Gasteiger partial charge in [-0.15, -0.1) is 11.8 Å². The number of thioether (sulfide) groups is 1. The third-order valence-corrected chi connectivity index (χ3v) is 3.06. The predicted octanol–water partition coefficient (Wildman–Crippen LogP) is 0.368. The Hall–Kier alpha value is -0.510. The zero-order valence-electron chi connectivity index (χ0n) is 5.46. The number of carbonyl (C=O) groups excluding carboxylic acids is 1. The molecule has 0 aromatic heterocycles. The molecular formula is C6H8N2OS. The lowest BCUT2D eigenvalue weighted by Gasteiger charge is -2.14. The fourth-order valence-corrected chi connectivity index (χ4v) is 2.32. The van der Waals surface area contributed by atoms with Crippen LogP contribution in [0.4, 0.5) is 0 Å². The van der Waals surface area contributed by atoms with Crippen molar-refractivity contribution in [1.29, 1.82) is 0 Å². The summed E-state index contributed by atoms with van der Waals surface area (Å²) >= 11 is 1.70. The average Bonchev–Trinajstić information content (AvgIpc) is 2.34. The summed E-state index contributed by atoms with van der Waals surface area (Å²) in [7, 11) is 0. The molecule has 4 heteroatoms. The lowest BCUT2D eigenvalue weighted by molar-refractivity contribution is -0.118. The van der Waals surface area contributed by atoms with Gasteiger partial charge in [0, 0.05) is 0 Å². The average molecular weight is 156 g/mol. The second kappa shape index (κ2) is 2.27. The van der Waals surface area contributed by atoms with Gasteiger partial charge >= 0.3 is 0 Å². The highest BCUT2D eigenvalue weighted by Crippen LogP contribution is 2.25. The second-order valence-corrected chi connectivity index (χ2v) is 3.65. The van der Waals surface area contributed by atoms with Gasteiger partial charge in [-0.1, -0.05) is 0 Å². The number of nitrogens with zero attached hydrogens (tertiary/aromatic N) is 1. The summed E-state index contributed by atoms with van der Waals surface area (Å²) in [6.45, 7) is 0. The Morgan fingerprint density at radius 2 is 2.60 bits per heavy atom. The maximum Gasteiger partial charge on any atom is 0.259 e. The van der Waals surface area contributed by atoms with Gasteiger partial charge in [0.2, 0.25) is 0 Å². The Bertz CT molecular complexity index is 202. The number of nitrogens with one attached hydrogen (secondary N) is 1. The van der Waals surface area contributed by atoms with E-state index in [4.69, 9.17) is 0 Å². The smallest absolute Gasteiger partial charge is 0.259 e. The zero-order valence-corrected chi connectivity index (χ0v) is 6.28. The van der Waals surface area contributed by atoms with Gasteiger partial charge < -0.3 is 0 Å². The van der Waals surface area contributed by atoms with Crippen LogP contribution in [0.2, 0.25) is 0 Å². The molecule has 2 heterocycles. The number of hydrogen-bond donors (Lipinski definition) is 1. The summed E-state index contributed by atoms with van der Waals surface area (Å²) in [5.74, 6) is 1.16. The van der Waals surface area contributed by atoms with Gasteiger partial charge in [0.1, 0.15) is 5.25 Å². The fraction of sp³-hybridized carbons (Fsp3) is 0.667. The molecule has 2 aliphatic rings. The molecule has 0 bridgehead atoms. The van der Waals surface area contributed by atoms with E-state index in [1.54, 1.807) is 11.8 Å². The van der Waals surface area contributed by atoms with Crippen molar-refractivity contribution in [1.82, 2.24) is 5.43 Å².